The zero-order chi connectivity index (χ0) is 31.1. The lowest BCUT2D eigenvalue weighted by molar-refractivity contribution is 0.928. The molecule has 0 fully saturated rings. The van der Waals surface area contributed by atoms with Crippen LogP contribution in [-0.4, -0.2) is 19.5 Å². The molecular weight excluding hydrogens is 554 g/mol. The fourth-order valence-electron chi connectivity index (χ4n) is 5.83. The van der Waals surface area contributed by atoms with E-state index >= 15 is 0 Å². The Morgan fingerprint density at radius 1 is 0.511 bits per heavy atom. The summed E-state index contributed by atoms with van der Waals surface area (Å²) in [6.07, 6.45) is 0. The normalized spacial score (nSPS) is 10.8. The van der Waals surface area contributed by atoms with E-state index in [1.165, 1.54) is 0 Å². The van der Waals surface area contributed by atoms with Gasteiger partial charge in [-0.1, -0.05) is 48.5 Å². The van der Waals surface area contributed by atoms with E-state index < -0.39 is 0 Å². The molecule has 7 rings (SSSR count). The van der Waals surface area contributed by atoms with Crippen molar-refractivity contribution in [3.05, 3.63) is 131 Å². The summed E-state index contributed by atoms with van der Waals surface area (Å²) in [7, 11) is 0. The molecule has 0 aliphatic heterocycles. The number of rotatable bonds is 4. The fraction of sp³-hybridized carbons (Fsp3) is 0.0526. The lowest BCUT2D eigenvalue weighted by atomic mass is 10.0. The molecule has 0 aliphatic carbocycles. The van der Waals surface area contributed by atoms with Crippen LogP contribution in [0.25, 0.3) is 61.1 Å². The largest absolute Gasteiger partial charge is 0.309 e. The number of aryl methyl sites for hydroxylation is 2. The Labute approximate surface area is 259 Å². The van der Waals surface area contributed by atoms with E-state index in [1.54, 1.807) is 0 Å². The van der Waals surface area contributed by atoms with Crippen LogP contribution in [0.4, 0.5) is 0 Å². The number of benzene rings is 5. The van der Waals surface area contributed by atoms with Gasteiger partial charge in [0.15, 0.2) is 5.82 Å². The standard InChI is InChI=1S/C38H23N7/c1-23-42-24(2)44-38(43-23)33-16-13-32(17-31(33)22-41)45-36-18-29(27-7-3-25(20-39)4-8-27)11-14-34(36)35-15-12-30(19-37(35)45)28-9-5-26(21-40)6-10-28/h3-19H,1-2H3. The predicted molar refractivity (Wildman–Crippen MR) is 174 cm³/mol. The zero-order valence-electron chi connectivity index (χ0n) is 24.4. The van der Waals surface area contributed by atoms with E-state index in [-0.39, 0.29) is 0 Å². The number of nitriles is 3. The van der Waals surface area contributed by atoms with Crippen molar-refractivity contribution in [1.29, 1.82) is 15.8 Å². The molecule has 0 atom stereocenters. The van der Waals surface area contributed by atoms with Crippen LogP contribution < -0.4 is 0 Å². The highest BCUT2D eigenvalue weighted by Gasteiger charge is 2.17. The highest BCUT2D eigenvalue weighted by Crippen LogP contribution is 2.38. The number of hydrogen-bond donors (Lipinski definition) is 0. The summed E-state index contributed by atoms with van der Waals surface area (Å²) < 4.78 is 2.18. The van der Waals surface area contributed by atoms with E-state index in [2.05, 4.69) is 74.1 Å². The summed E-state index contributed by atoms with van der Waals surface area (Å²) in [6, 6.07) is 40.3. The van der Waals surface area contributed by atoms with Gasteiger partial charge >= 0.3 is 0 Å². The highest BCUT2D eigenvalue weighted by molar-refractivity contribution is 6.11. The second-order valence-electron chi connectivity index (χ2n) is 10.8. The highest BCUT2D eigenvalue weighted by atomic mass is 15.0. The SMILES string of the molecule is Cc1nc(C)nc(-c2ccc(-n3c4cc(-c5ccc(C#N)cc5)ccc4c4ccc(-c5ccc(C#N)cc5)cc43)cc2C#N)n1. The van der Waals surface area contributed by atoms with Gasteiger partial charge in [-0.05, 0) is 90.7 Å². The first-order valence-corrected chi connectivity index (χ1v) is 14.3. The number of hydrogen-bond acceptors (Lipinski definition) is 6. The fourth-order valence-corrected chi connectivity index (χ4v) is 5.83. The van der Waals surface area contributed by atoms with Gasteiger partial charge in [-0.25, -0.2) is 15.0 Å². The molecule has 5 aromatic carbocycles. The Balaban J connectivity index is 1.48. The lowest BCUT2D eigenvalue weighted by Crippen LogP contribution is -2.01. The second-order valence-corrected chi connectivity index (χ2v) is 10.8. The first-order valence-electron chi connectivity index (χ1n) is 14.3. The molecule has 0 radical (unpaired) electrons. The summed E-state index contributed by atoms with van der Waals surface area (Å²) in [6.45, 7) is 3.63. The molecule has 45 heavy (non-hydrogen) atoms. The number of aromatic nitrogens is 4. The van der Waals surface area contributed by atoms with Crippen molar-refractivity contribution in [2.45, 2.75) is 13.8 Å². The molecule has 2 heterocycles. The molecule has 210 valence electrons. The molecular formula is C38H23N7. The van der Waals surface area contributed by atoms with E-state index in [1.807, 2.05) is 80.6 Å². The zero-order valence-corrected chi connectivity index (χ0v) is 24.4. The maximum atomic E-state index is 10.3. The van der Waals surface area contributed by atoms with Crippen molar-refractivity contribution >= 4 is 21.8 Å². The van der Waals surface area contributed by atoms with Crippen LogP contribution in [-0.2, 0) is 0 Å². The average molecular weight is 578 g/mol. The maximum absolute atomic E-state index is 10.3. The van der Waals surface area contributed by atoms with Crippen LogP contribution in [0.1, 0.15) is 28.3 Å². The van der Waals surface area contributed by atoms with Crippen molar-refractivity contribution < 1.29 is 0 Å². The first-order chi connectivity index (χ1) is 21.9. The Morgan fingerprint density at radius 2 is 1.00 bits per heavy atom. The third kappa shape index (κ3) is 4.83. The number of fused-ring (bicyclic) bond motifs is 3. The monoisotopic (exact) mass is 577 g/mol. The Bertz CT molecular complexity index is 2280. The second kappa shape index (κ2) is 10.9. The Kier molecular flexibility index (Phi) is 6.59. The number of nitrogens with zero attached hydrogens (tertiary/aromatic N) is 7. The van der Waals surface area contributed by atoms with Gasteiger partial charge < -0.3 is 4.57 Å². The quantitative estimate of drug-likeness (QED) is 0.208. The molecule has 0 saturated carbocycles. The van der Waals surface area contributed by atoms with Gasteiger partial charge in [0.1, 0.15) is 11.6 Å². The average Bonchev–Trinajstić information content (AvgIpc) is 3.40. The molecule has 0 saturated heterocycles. The van der Waals surface area contributed by atoms with Gasteiger partial charge in [0.2, 0.25) is 0 Å². The van der Waals surface area contributed by atoms with Gasteiger partial charge in [-0.15, -0.1) is 0 Å². The molecule has 0 unspecified atom stereocenters. The molecule has 0 spiro atoms. The third-order valence-electron chi connectivity index (χ3n) is 7.94. The summed E-state index contributed by atoms with van der Waals surface area (Å²) in [5.74, 6) is 1.66. The van der Waals surface area contributed by atoms with E-state index in [0.717, 1.165) is 49.7 Å². The van der Waals surface area contributed by atoms with Gasteiger partial charge in [0, 0.05) is 22.0 Å². The van der Waals surface area contributed by atoms with Crippen LogP contribution in [0.15, 0.2) is 103 Å². The van der Waals surface area contributed by atoms with Crippen molar-refractivity contribution in [1.82, 2.24) is 19.5 Å². The predicted octanol–water partition coefficient (Wildman–Crippen LogP) is 8.20. The minimum atomic E-state index is 0.457. The van der Waals surface area contributed by atoms with E-state index in [9.17, 15) is 15.8 Å². The maximum Gasteiger partial charge on any atom is 0.164 e. The summed E-state index contributed by atoms with van der Waals surface area (Å²) >= 11 is 0. The summed E-state index contributed by atoms with van der Waals surface area (Å²) in [5, 5.41) is 31.0. The van der Waals surface area contributed by atoms with Gasteiger partial charge in [0.05, 0.1) is 45.9 Å². The van der Waals surface area contributed by atoms with Crippen LogP contribution in [0.5, 0.6) is 0 Å². The summed E-state index contributed by atoms with van der Waals surface area (Å²) in [5.41, 5.74) is 9.12. The van der Waals surface area contributed by atoms with Crippen molar-refractivity contribution in [3.8, 4) is 57.5 Å². The van der Waals surface area contributed by atoms with Crippen molar-refractivity contribution in [3.63, 3.8) is 0 Å². The molecule has 7 aromatic rings. The van der Waals surface area contributed by atoms with Crippen molar-refractivity contribution in [2.75, 3.05) is 0 Å². The minimum Gasteiger partial charge on any atom is -0.309 e. The molecule has 0 aliphatic rings. The van der Waals surface area contributed by atoms with E-state index in [0.29, 0.717) is 39.7 Å². The summed E-state index contributed by atoms with van der Waals surface area (Å²) in [4.78, 5) is 13.3. The van der Waals surface area contributed by atoms with Crippen molar-refractivity contribution in [2.24, 2.45) is 0 Å². The van der Waals surface area contributed by atoms with Gasteiger partial charge in [-0.3, -0.25) is 0 Å². The Hall–Kier alpha value is -6.62. The topological polar surface area (TPSA) is 115 Å². The Morgan fingerprint density at radius 3 is 1.47 bits per heavy atom. The molecule has 7 heteroatoms. The molecule has 0 bridgehead atoms. The van der Waals surface area contributed by atoms with Crippen LogP contribution in [0, 0.1) is 47.8 Å². The minimum absolute atomic E-state index is 0.457. The smallest absolute Gasteiger partial charge is 0.164 e. The molecule has 0 amide bonds. The van der Waals surface area contributed by atoms with Gasteiger partial charge in [0.25, 0.3) is 0 Å². The van der Waals surface area contributed by atoms with Gasteiger partial charge in [-0.2, -0.15) is 15.8 Å². The lowest BCUT2D eigenvalue weighted by Gasteiger charge is -2.12. The van der Waals surface area contributed by atoms with Crippen LogP contribution in [0.3, 0.4) is 0 Å². The molecule has 2 aromatic heterocycles. The van der Waals surface area contributed by atoms with Crippen LogP contribution >= 0.6 is 0 Å². The molecule has 0 N–H and O–H groups in total. The molecule has 7 nitrogen and oxygen atoms in total. The van der Waals surface area contributed by atoms with Crippen LogP contribution in [0.2, 0.25) is 0 Å². The first kappa shape index (κ1) is 27.2. The van der Waals surface area contributed by atoms with E-state index in [4.69, 9.17) is 0 Å². The third-order valence-corrected chi connectivity index (χ3v) is 7.94.